The quantitative estimate of drug-likeness (QED) is 0.609. The summed E-state index contributed by atoms with van der Waals surface area (Å²) in [5.74, 6) is 0. The Balaban J connectivity index is 2.09. The number of para-hydroxylation sites is 1. The van der Waals surface area contributed by atoms with Gasteiger partial charge in [-0.15, -0.1) is 5.11 Å². The molecule has 17 heavy (non-hydrogen) atoms. The topological polar surface area (TPSA) is 36.8 Å². The van der Waals surface area contributed by atoms with E-state index >= 15 is 0 Å². The lowest BCUT2D eigenvalue weighted by molar-refractivity contribution is 1.11. The number of aryl methyl sites for hydroxylation is 1. The third-order valence-electron chi connectivity index (χ3n) is 2.69. The molecule has 0 bridgehead atoms. The zero-order valence-electron chi connectivity index (χ0n) is 10.0. The smallest absolute Gasteiger partial charge is 0.0906 e. The lowest BCUT2D eigenvalue weighted by Crippen LogP contribution is -1.85. The second-order valence-corrected chi connectivity index (χ2v) is 3.90. The number of rotatable bonds is 3. The maximum atomic E-state index is 4.18. The van der Waals surface area contributed by atoms with E-state index in [1.54, 1.807) is 0 Å². The van der Waals surface area contributed by atoms with Gasteiger partial charge in [0.25, 0.3) is 0 Å². The zero-order valence-corrected chi connectivity index (χ0v) is 10.0. The van der Waals surface area contributed by atoms with Crippen LogP contribution in [0.1, 0.15) is 11.1 Å². The van der Waals surface area contributed by atoms with Gasteiger partial charge in [-0.05, 0) is 43.2 Å². The van der Waals surface area contributed by atoms with Gasteiger partial charge in [-0.2, -0.15) is 0 Å². The van der Waals surface area contributed by atoms with Gasteiger partial charge in [-0.1, -0.05) is 35.6 Å². The van der Waals surface area contributed by atoms with Crippen molar-refractivity contribution in [3.05, 3.63) is 59.7 Å². The normalized spacial score (nSPS) is 10.7. The Morgan fingerprint density at radius 3 is 2.41 bits per heavy atom. The van der Waals surface area contributed by atoms with E-state index in [9.17, 15) is 0 Å². The maximum Gasteiger partial charge on any atom is 0.0906 e. The van der Waals surface area contributed by atoms with Crippen LogP contribution < -0.4 is 5.43 Å². The van der Waals surface area contributed by atoms with Crippen molar-refractivity contribution in [1.82, 2.24) is 0 Å². The highest BCUT2D eigenvalue weighted by atomic mass is 15.4. The van der Waals surface area contributed by atoms with Gasteiger partial charge in [0, 0.05) is 0 Å². The molecule has 2 rings (SSSR count). The van der Waals surface area contributed by atoms with E-state index in [0.29, 0.717) is 0 Å². The molecule has 1 N–H and O–H groups in total. The van der Waals surface area contributed by atoms with E-state index in [1.807, 2.05) is 49.4 Å². The van der Waals surface area contributed by atoms with Crippen LogP contribution in [-0.4, -0.2) is 0 Å². The highest BCUT2D eigenvalue weighted by molar-refractivity contribution is 5.48. The molecule has 3 nitrogen and oxygen atoms in total. The summed E-state index contributed by atoms with van der Waals surface area (Å²) in [5.41, 5.74) is 7.11. The zero-order chi connectivity index (χ0) is 12.1. The van der Waals surface area contributed by atoms with E-state index < -0.39 is 0 Å². The number of nitrogens with zero attached hydrogens (tertiary/aromatic N) is 2. The molecular weight excluding hydrogens is 210 g/mol. The van der Waals surface area contributed by atoms with Crippen molar-refractivity contribution in [1.29, 1.82) is 0 Å². The van der Waals surface area contributed by atoms with Crippen LogP contribution >= 0.6 is 0 Å². The third kappa shape index (κ3) is 2.91. The summed E-state index contributed by atoms with van der Waals surface area (Å²) in [4.78, 5) is 0. The van der Waals surface area contributed by atoms with Gasteiger partial charge in [-0.3, -0.25) is 5.43 Å². The van der Waals surface area contributed by atoms with Crippen LogP contribution in [0.25, 0.3) is 0 Å². The monoisotopic (exact) mass is 225 g/mol. The van der Waals surface area contributed by atoms with Crippen molar-refractivity contribution in [3.8, 4) is 0 Å². The molecule has 0 radical (unpaired) electrons. The Morgan fingerprint density at radius 1 is 0.882 bits per heavy atom. The molecule has 0 aliphatic rings. The second kappa shape index (κ2) is 5.25. The lowest BCUT2D eigenvalue weighted by atomic mass is 10.1. The minimum absolute atomic E-state index is 0.897. The number of hydrogen-bond acceptors (Lipinski definition) is 2. The molecule has 0 saturated heterocycles. The standard InChI is InChI=1S/C14H15N3/c1-11-7-6-10-14(12(11)2)16-17-15-13-8-4-3-5-9-13/h3-10H,1-2H3,(H,15,16). The first-order chi connectivity index (χ1) is 8.27. The Labute approximate surface area is 101 Å². The fourth-order valence-corrected chi connectivity index (χ4v) is 1.49. The molecule has 0 spiro atoms. The number of nitrogens with one attached hydrogen (secondary N) is 1. The van der Waals surface area contributed by atoms with Crippen LogP contribution in [0.2, 0.25) is 0 Å². The summed E-state index contributed by atoms with van der Waals surface area (Å²) in [6, 6.07) is 15.8. The van der Waals surface area contributed by atoms with Crippen molar-refractivity contribution < 1.29 is 0 Å². The number of hydrogen-bond donors (Lipinski definition) is 1. The summed E-state index contributed by atoms with van der Waals surface area (Å²) >= 11 is 0. The Kier molecular flexibility index (Phi) is 3.50. The van der Waals surface area contributed by atoms with Crippen LogP contribution in [0.5, 0.6) is 0 Å². The van der Waals surface area contributed by atoms with E-state index in [0.717, 1.165) is 16.9 Å². The van der Waals surface area contributed by atoms with Gasteiger partial charge in [0.2, 0.25) is 0 Å². The molecular formula is C14H15N3. The van der Waals surface area contributed by atoms with E-state index in [1.165, 1.54) is 5.56 Å². The minimum atomic E-state index is 0.897. The molecule has 2 aromatic rings. The molecule has 0 fully saturated rings. The molecule has 0 atom stereocenters. The van der Waals surface area contributed by atoms with Gasteiger partial charge in [0.05, 0.1) is 11.4 Å². The molecule has 0 amide bonds. The van der Waals surface area contributed by atoms with E-state index in [2.05, 4.69) is 28.8 Å². The summed E-state index contributed by atoms with van der Waals surface area (Å²) in [7, 11) is 0. The SMILES string of the molecule is Cc1cccc(N=NNc2ccccc2)c1C. The fourth-order valence-electron chi connectivity index (χ4n) is 1.49. The Hall–Kier alpha value is -2.16. The molecule has 0 saturated carbocycles. The average Bonchev–Trinajstić information content (AvgIpc) is 2.36. The Bertz CT molecular complexity index is 518. The van der Waals surface area contributed by atoms with Gasteiger partial charge in [0.1, 0.15) is 0 Å². The molecule has 86 valence electrons. The summed E-state index contributed by atoms with van der Waals surface area (Å²) in [5, 5.41) is 8.16. The Morgan fingerprint density at radius 2 is 1.65 bits per heavy atom. The third-order valence-corrected chi connectivity index (χ3v) is 2.69. The molecule has 0 heterocycles. The molecule has 2 aromatic carbocycles. The molecule has 3 heteroatoms. The fraction of sp³-hybridized carbons (Fsp3) is 0.143. The van der Waals surface area contributed by atoms with Crippen LogP contribution in [0.3, 0.4) is 0 Å². The first kappa shape index (κ1) is 11.3. The largest absolute Gasteiger partial charge is 0.260 e. The predicted octanol–water partition coefficient (Wildman–Crippen LogP) is 4.41. The minimum Gasteiger partial charge on any atom is -0.260 e. The average molecular weight is 225 g/mol. The highest BCUT2D eigenvalue weighted by Gasteiger charge is 1.98. The predicted molar refractivity (Wildman–Crippen MR) is 70.5 cm³/mol. The van der Waals surface area contributed by atoms with Gasteiger partial charge in [-0.25, -0.2) is 0 Å². The van der Waals surface area contributed by atoms with Crippen LogP contribution in [-0.2, 0) is 0 Å². The summed E-state index contributed by atoms with van der Waals surface area (Å²) in [6.07, 6.45) is 0. The first-order valence-corrected chi connectivity index (χ1v) is 5.55. The van der Waals surface area contributed by atoms with E-state index in [-0.39, 0.29) is 0 Å². The first-order valence-electron chi connectivity index (χ1n) is 5.55. The molecule has 0 aliphatic heterocycles. The number of benzene rings is 2. The maximum absolute atomic E-state index is 4.18. The second-order valence-electron chi connectivity index (χ2n) is 3.90. The van der Waals surface area contributed by atoms with Crippen molar-refractivity contribution in [2.24, 2.45) is 10.3 Å². The van der Waals surface area contributed by atoms with Crippen molar-refractivity contribution in [3.63, 3.8) is 0 Å². The highest BCUT2D eigenvalue weighted by Crippen LogP contribution is 2.21. The molecule has 0 unspecified atom stereocenters. The summed E-state index contributed by atoms with van der Waals surface area (Å²) in [6.45, 7) is 4.12. The van der Waals surface area contributed by atoms with Crippen molar-refractivity contribution in [2.75, 3.05) is 5.43 Å². The molecule has 0 aliphatic carbocycles. The summed E-state index contributed by atoms with van der Waals surface area (Å²) < 4.78 is 0. The lowest BCUT2D eigenvalue weighted by Gasteiger charge is -2.02. The van der Waals surface area contributed by atoms with E-state index in [4.69, 9.17) is 0 Å². The van der Waals surface area contributed by atoms with Gasteiger partial charge in [0.15, 0.2) is 0 Å². The van der Waals surface area contributed by atoms with Crippen LogP contribution in [0, 0.1) is 13.8 Å². The van der Waals surface area contributed by atoms with Crippen LogP contribution in [0.15, 0.2) is 58.9 Å². The number of anilines is 1. The van der Waals surface area contributed by atoms with Gasteiger partial charge >= 0.3 is 0 Å². The van der Waals surface area contributed by atoms with Gasteiger partial charge < -0.3 is 0 Å². The molecule has 0 aromatic heterocycles. The van der Waals surface area contributed by atoms with Crippen molar-refractivity contribution >= 4 is 11.4 Å². The van der Waals surface area contributed by atoms with Crippen molar-refractivity contribution in [2.45, 2.75) is 13.8 Å². The van der Waals surface area contributed by atoms with Crippen LogP contribution in [0.4, 0.5) is 11.4 Å².